The van der Waals surface area contributed by atoms with Crippen molar-refractivity contribution in [3.8, 4) is 0 Å². The van der Waals surface area contributed by atoms with Gasteiger partial charge in [-0.15, -0.1) is 0 Å². The minimum Gasteiger partial charge on any atom is -0.351 e. The fraction of sp³-hybridized carbons (Fsp3) is 0.500. The second-order valence-electron chi connectivity index (χ2n) is 6.34. The molecular weight excluding hydrogens is 330 g/mol. The van der Waals surface area contributed by atoms with Gasteiger partial charge in [0.05, 0.1) is 11.5 Å². The van der Waals surface area contributed by atoms with Crippen molar-refractivity contribution >= 4 is 27.5 Å². The van der Waals surface area contributed by atoms with Crippen LogP contribution in [0.5, 0.6) is 0 Å². The first-order chi connectivity index (χ1) is 11.4. The second-order valence-corrected chi connectivity index (χ2v) is 8.57. The van der Waals surface area contributed by atoms with Crippen LogP contribution in [-0.2, 0) is 21.1 Å². The van der Waals surface area contributed by atoms with Crippen LogP contribution in [0.1, 0.15) is 12.0 Å². The molecule has 7 nitrogen and oxygen atoms in total. The van der Waals surface area contributed by atoms with Crippen molar-refractivity contribution in [1.29, 1.82) is 0 Å². The molecule has 1 unspecified atom stereocenters. The van der Waals surface area contributed by atoms with Gasteiger partial charge in [0.1, 0.15) is 6.54 Å². The Bertz CT molecular complexity index is 762. The molecule has 1 aromatic rings. The van der Waals surface area contributed by atoms with E-state index in [-0.39, 0.29) is 36.0 Å². The molecular formula is C16H21N3O4S. The number of benzene rings is 1. The van der Waals surface area contributed by atoms with Gasteiger partial charge in [-0.25, -0.2) is 13.2 Å². The fourth-order valence-corrected chi connectivity index (χ4v) is 4.88. The second kappa shape index (κ2) is 6.43. The molecule has 0 spiro atoms. The molecule has 130 valence electrons. The lowest BCUT2D eigenvalue weighted by Gasteiger charge is -2.25. The van der Waals surface area contributed by atoms with E-state index in [4.69, 9.17) is 0 Å². The van der Waals surface area contributed by atoms with Crippen LogP contribution in [0.3, 0.4) is 0 Å². The van der Waals surface area contributed by atoms with Crippen molar-refractivity contribution in [2.24, 2.45) is 0 Å². The highest BCUT2D eigenvalue weighted by Crippen LogP contribution is 2.28. The number of carbonyl (C=O) groups excluding carboxylic acids is 2. The van der Waals surface area contributed by atoms with E-state index in [0.717, 1.165) is 17.7 Å². The van der Waals surface area contributed by atoms with Crippen molar-refractivity contribution in [3.63, 3.8) is 0 Å². The molecule has 1 aromatic carbocycles. The molecule has 0 radical (unpaired) electrons. The van der Waals surface area contributed by atoms with E-state index in [0.29, 0.717) is 13.0 Å². The van der Waals surface area contributed by atoms with Gasteiger partial charge in [-0.2, -0.15) is 0 Å². The number of nitrogens with zero attached hydrogens (tertiary/aromatic N) is 2. The Morgan fingerprint density at radius 3 is 2.79 bits per heavy atom. The topological polar surface area (TPSA) is 86.8 Å². The quantitative estimate of drug-likeness (QED) is 0.854. The lowest BCUT2D eigenvalue weighted by molar-refractivity contribution is -0.122. The summed E-state index contributed by atoms with van der Waals surface area (Å²) in [6.07, 6.45) is 1.24. The molecule has 2 heterocycles. The van der Waals surface area contributed by atoms with Crippen molar-refractivity contribution in [2.45, 2.75) is 18.9 Å². The first-order valence-corrected chi connectivity index (χ1v) is 9.78. The van der Waals surface area contributed by atoms with Gasteiger partial charge in [0, 0.05) is 25.3 Å². The zero-order valence-electron chi connectivity index (χ0n) is 13.6. The number of sulfone groups is 1. The number of rotatable bonds is 3. The largest absolute Gasteiger partial charge is 0.351 e. The van der Waals surface area contributed by atoms with Crippen molar-refractivity contribution in [1.82, 2.24) is 10.2 Å². The van der Waals surface area contributed by atoms with Crippen LogP contribution >= 0.6 is 0 Å². The van der Waals surface area contributed by atoms with E-state index < -0.39 is 9.84 Å². The van der Waals surface area contributed by atoms with Crippen LogP contribution < -0.4 is 10.2 Å². The molecule has 1 fully saturated rings. The number of urea groups is 1. The SMILES string of the molecule is CN(CC(=O)NC1CCS(=O)(=O)C1)C(=O)N1CCc2ccccc21. The summed E-state index contributed by atoms with van der Waals surface area (Å²) in [4.78, 5) is 27.7. The van der Waals surface area contributed by atoms with Gasteiger partial charge in [-0.3, -0.25) is 9.69 Å². The van der Waals surface area contributed by atoms with E-state index in [1.54, 1.807) is 11.9 Å². The zero-order chi connectivity index (χ0) is 17.3. The molecule has 0 aromatic heterocycles. The highest BCUT2D eigenvalue weighted by Gasteiger charge is 2.30. The number of hydrogen-bond donors (Lipinski definition) is 1. The Morgan fingerprint density at radius 1 is 1.33 bits per heavy atom. The Hall–Kier alpha value is -2.09. The highest BCUT2D eigenvalue weighted by molar-refractivity contribution is 7.91. The third kappa shape index (κ3) is 3.53. The lowest BCUT2D eigenvalue weighted by atomic mass is 10.2. The number of carbonyl (C=O) groups is 2. The minimum atomic E-state index is -3.04. The molecule has 1 N–H and O–H groups in total. The zero-order valence-corrected chi connectivity index (χ0v) is 14.4. The van der Waals surface area contributed by atoms with E-state index in [9.17, 15) is 18.0 Å². The first kappa shape index (κ1) is 16.8. The van der Waals surface area contributed by atoms with E-state index in [1.807, 2.05) is 24.3 Å². The monoisotopic (exact) mass is 351 g/mol. The fourth-order valence-electron chi connectivity index (χ4n) is 3.21. The van der Waals surface area contributed by atoms with Crippen LogP contribution in [0, 0.1) is 0 Å². The van der Waals surface area contributed by atoms with Gasteiger partial charge in [-0.1, -0.05) is 18.2 Å². The number of para-hydroxylation sites is 1. The predicted molar refractivity (Wildman–Crippen MR) is 90.7 cm³/mol. The van der Waals surface area contributed by atoms with Gasteiger partial charge in [0.2, 0.25) is 5.91 Å². The van der Waals surface area contributed by atoms with Crippen LogP contribution in [0.4, 0.5) is 10.5 Å². The average molecular weight is 351 g/mol. The molecule has 0 saturated carbocycles. The van der Waals surface area contributed by atoms with Crippen molar-refractivity contribution < 1.29 is 18.0 Å². The number of hydrogen-bond acceptors (Lipinski definition) is 4. The standard InChI is InChI=1S/C16H21N3O4S/c1-18(10-15(20)17-13-7-9-24(22,23)11-13)16(21)19-8-6-12-4-2-3-5-14(12)19/h2-5,13H,6-11H2,1H3,(H,17,20). The van der Waals surface area contributed by atoms with Gasteiger partial charge >= 0.3 is 6.03 Å². The molecule has 0 bridgehead atoms. The van der Waals surface area contributed by atoms with Crippen LogP contribution in [0.15, 0.2) is 24.3 Å². The van der Waals surface area contributed by atoms with Gasteiger partial charge < -0.3 is 10.2 Å². The lowest BCUT2D eigenvalue weighted by Crippen LogP contribution is -2.47. The van der Waals surface area contributed by atoms with Crippen molar-refractivity contribution in [3.05, 3.63) is 29.8 Å². The summed E-state index contributed by atoms with van der Waals surface area (Å²) in [7, 11) is -1.46. The number of anilines is 1. The minimum absolute atomic E-state index is 0.0180. The summed E-state index contributed by atoms with van der Waals surface area (Å²) in [6.45, 7) is 0.513. The molecule has 0 aliphatic carbocycles. The van der Waals surface area contributed by atoms with Gasteiger partial charge in [0.15, 0.2) is 9.84 Å². The maximum atomic E-state index is 12.6. The molecule has 24 heavy (non-hydrogen) atoms. The predicted octanol–water partition coefficient (Wildman–Crippen LogP) is 0.404. The summed E-state index contributed by atoms with van der Waals surface area (Å²) in [5.74, 6) is -0.242. The normalized spacial score (nSPS) is 21.4. The third-order valence-corrected chi connectivity index (χ3v) is 6.19. The summed E-state index contributed by atoms with van der Waals surface area (Å²) in [5, 5.41) is 2.70. The summed E-state index contributed by atoms with van der Waals surface area (Å²) < 4.78 is 22.8. The van der Waals surface area contributed by atoms with Crippen molar-refractivity contribution in [2.75, 3.05) is 36.5 Å². The van der Waals surface area contributed by atoms with Crippen LogP contribution in [0.25, 0.3) is 0 Å². The van der Waals surface area contributed by atoms with Gasteiger partial charge in [-0.05, 0) is 24.5 Å². The number of likely N-dealkylation sites (N-methyl/N-ethyl adjacent to an activating group) is 1. The number of nitrogens with one attached hydrogen (secondary N) is 1. The average Bonchev–Trinajstić information content (AvgIpc) is 3.09. The number of amides is 3. The van der Waals surface area contributed by atoms with Crippen LogP contribution in [0.2, 0.25) is 0 Å². The molecule has 8 heteroatoms. The molecule has 3 rings (SSSR count). The first-order valence-electron chi connectivity index (χ1n) is 7.96. The summed E-state index contributed by atoms with van der Waals surface area (Å²) in [5.41, 5.74) is 2.01. The molecule has 2 aliphatic heterocycles. The van der Waals surface area contributed by atoms with Gasteiger partial charge in [0.25, 0.3) is 0 Å². The van der Waals surface area contributed by atoms with E-state index >= 15 is 0 Å². The smallest absolute Gasteiger partial charge is 0.324 e. The number of fused-ring (bicyclic) bond motifs is 1. The molecule has 3 amide bonds. The Labute approximate surface area is 141 Å². The summed E-state index contributed by atoms with van der Waals surface area (Å²) >= 11 is 0. The Kier molecular flexibility index (Phi) is 4.49. The molecule has 1 saturated heterocycles. The molecule has 2 aliphatic rings. The maximum absolute atomic E-state index is 12.6. The van der Waals surface area contributed by atoms with Crippen LogP contribution in [-0.4, -0.2) is 62.9 Å². The van der Waals surface area contributed by atoms with E-state index in [1.165, 1.54) is 4.90 Å². The molecule has 1 atom stereocenters. The highest BCUT2D eigenvalue weighted by atomic mass is 32.2. The van der Waals surface area contributed by atoms with E-state index in [2.05, 4.69) is 5.32 Å². The summed E-state index contributed by atoms with van der Waals surface area (Å²) in [6, 6.07) is 7.15. The maximum Gasteiger partial charge on any atom is 0.324 e. The third-order valence-electron chi connectivity index (χ3n) is 4.42. The Balaban J connectivity index is 1.56. The Morgan fingerprint density at radius 2 is 2.08 bits per heavy atom.